The Hall–Kier alpha value is -1.55. The molecule has 0 radical (unpaired) electrons. The first kappa shape index (κ1) is 15.3. The van der Waals surface area contributed by atoms with Gasteiger partial charge < -0.3 is 14.7 Å². The summed E-state index contributed by atoms with van der Waals surface area (Å²) in [6, 6.07) is 2.41. The summed E-state index contributed by atoms with van der Waals surface area (Å²) in [5.74, 6) is 2.47. The van der Waals surface area contributed by atoms with Crippen molar-refractivity contribution in [3.8, 4) is 5.75 Å². The van der Waals surface area contributed by atoms with E-state index in [1.807, 2.05) is 13.1 Å². The van der Waals surface area contributed by atoms with E-state index in [1.54, 1.807) is 0 Å². The van der Waals surface area contributed by atoms with Crippen LogP contribution in [0.1, 0.15) is 45.6 Å². The van der Waals surface area contributed by atoms with Crippen LogP contribution in [0.3, 0.4) is 0 Å². The average molecular weight is 302 g/mol. The van der Waals surface area contributed by atoms with Gasteiger partial charge in [-0.1, -0.05) is 20.4 Å². The number of anilines is 1. The highest BCUT2D eigenvalue weighted by Crippen LogP contribution is 2.43. The van der Waals surface area contributed by atoms with Crippen LogP contribution in [-0.2, 0) is 6.42 Å². The topological polar surface area (TPSA) is 45.6 Å². The lowest BCUT2D eigenvalue weighted by Crippen LogP contribution is -2.52. The second-order valence-electron chi connectivity index (χ2n) is 7.36. The third kappa shape index (κ3) is 2.98. The number of ether oxygens (including phenoxy) is 1. The number of hydrogen-bond donors (Lipinski definition) is 1. The second kappa shape index (κ2) is 5.58. The molecule has 1 saturated carbocycles. The number of fused-ring (bicyclic) bond motifs is 1. The van der Waals surface area contributed by atoms with Crippen molar-refractivity contribution >= 4 is 5.82 Å². The molecule has 0 aromatic carbocycles. The van der Waals surface area contributed by atoms with Gasteiger partial charge in [0.1, 0.15) is 11.6 Å². The van der Waals surface area contributed by atoms with Crippen LogP contribution in [0.2, 0.25) is 0 Å². The Morgan fingerprint density at radius 3 is 2.86 bits per heavy atom. The van der Waals surface area contributed by atoms with E-state index in [2.05, 4.69) is 36.4 Å². The molecule has 0 bridgehead atoms. The predicted molar refractivity (Wildman–Crippen MR) is 88.2 cm³/mol. The molecule has 2 aliphatic rings. The number of pyridine rings is 1. The van der Waals surface area contributed by atoms with Gasteiger partial charge in [-0.05, 0) is 38.2 Å². The maximum Gasteiger partial charge on any atom is 0.138 e. The molecule has 0 atom stereocenters. The van der Waals surface area contributed by atoms with Crippen molar-refractivity contribution in [2.75, 3.05) is 11.5 Å². The van der Waals surface area contributed by atoms with Gasteiger partial charge in [-0.3, -0.25) is 0 Å². The summed E-state index contributed by atoms with van der Waals surface area (Å²) in [6.07, 6.45) is 5.23. The lowest BCUT2D eigenvalue weighted by molar-refractivity contribution is -0.0293. The van der Waals surface area contributed by atoms with Crippen LogP contribution in [0.4, 0.5) is 5.82 Å². The maximum absolute atomic E-state index is 9.97. The molecule has 1 fully saturated rings. The Labute approximate surface area is 132 Å². The van der Waals surface area contributed by atoms with E-state index >= 15 is 0 Å². The third-order valence-electron chi connectivity index (χ3n) is 4.56. The van der Waals surface area contributed by atoms with Crippen LogP contribution >= 0.6 is 0 Å². The zero-order valence-corrected chi connectivity index (χ0v) is 13.8. The van der Waals surface area contributed by atoms with Crippen molar-refractivity contribution < 1.29 is 9.84 Å². The fourth-order valence-electron chi connectivity index (χ4n) is 3.34. The summed E-state index contributed by atoms with van der Waals surface area (Å²) in [5.41, 5.74) is 1.72. The van der Waals surface area contributed by atoms with Crippen LogP contribution in [0.15, 0.2) is 24.5 Å². The van der Waals surface area contributed by atoms with E-state index < -0.39 is 5.60 Å². The van der Waals surface area contributed by atoms with Gasteiger partial charge in [0, 0.05) is 23.7 Å². The lowest BCUT2D eigenvalue weighted by Gasteiger charge is -2.46. The van der Waals surface area contributed by atoms with Crippen LogP contribution in [0.5, 0.6) is 5.75 Å². The quantitative estimate of drug-likeness (QED) is 0.906. The van der Waals surface area contributed by atoms with Gasteiger partial charge >= 0.3 is 0 Å². The van der Waals surface area contributed by atoms with E-state index in [0.29, 0.717) is 12.0 Å². The molecule has 2 heterocycles. The fraction of sp³-hybridized carbons (Fsp3) is 0.611. The molecule has 4 heteroatoms. The van der Waals surface area contributed by atoms with Gasteiger partial charge in [0.05, 0.1) is 18.4 Å². The minimum atomic E-state index is -0.534. The Bertz CT molecular complexity index is 572. The van der Waals surface area contributed by atoms with Gasteiger partial charge in [0.15, 0.2) is 0 Å². The Kier molecular flexibility index (Phi) is 3.89. The largest absolute Gasteiger partial charge is 0.492 e. The molecule has 0 saturated heterocycles. The summed E-state index contributed by atoms with van der Waals surface area (Å²) >= 11 is 0. The minimum absolute atomic E-state index is 0.323. The van der Waals surface area contributed by atoms with Gasteiger partial charge in [0.2, 0.25) is 0 Å². The van der Waals surface area contributed by atoms with Crippen LogP contribution < -0.4 is 9.64 Å². The summed E-state index contributed by atoms with van der Waals surface area (Å²) in [6.45, 7) is 11.2. The molecule has 1 aliphatic heterocycles. The lowest BCUT2D eigenvalue weighted by atomic mass is 9.76. The van der Waals surface area contributed by atoms with Gasteiger partial charge in [-0.2, -0.15) is 0 Å². The van der Waals surface area contributed by atoms with Crippen LogP contribution in [0, 0.1) is 5.92 Å². The van der Waals surface area contributed by atoms with E-state index in [1.165, 1.54) is 5.56 Å². The average Bonchev–Trinajstić information content (AvgIpc) is 2.70. The molecule has 0 amide bonds. The number of rotatable bonds is 5. The molecule has 0 spiro atoms. The molecule has 1 aliphatic carbocycles. The molecule has 0 unspecified atom stereocenters. The molecule has 1 N–H and O–H groups in total. The SMILES string of the molecule is C=C1Cc2cc(OCCC(C)C)cnc2N1[C@H]1C[C@](C)(O)C1. The highest BCUT2D eigenvalue weighted by atomic mass is 16.5. The number of hydrogen-bond acceptors (Lipinski definition) is 4. The molecule has 120 valence electrons. The summed E-state index contributed by atoms with van der Waals surface area (Å²) in [7, 11) is 0. The number of allylic oxidation sites excluding steroid dienone is 1. The first-order valence-electron chi connectivity index (χ1n) is 8.17. The molecular formula is C18H26N2O2. The highest BCUT2D eigenvalue weighted by molar-refractivity contribution is 5.62. The number of nitrogens with zero attached hydrogens (tertiary/aromatic N) is 2. The molecule has 1 aromatic rings. The smallest absolute Gasteiger partial charge is 0.138 e. The zero-order chi connectivity index (χ0) is 15.9. The maximum atomic E-state index is 9.97. The molecule has 1 aromatic heterocycles. The van der Waals surface area contributed by atoms with Crippen molar-refractivity contribution in [3.63, 3.8) is 0 Å². The third-order valence-corrected chi connectivity index (χ3v) is 4.56. The Morgan fingerprint density at radius 2 is 2.23 bits per heavy atom. The first-order valence-corrected chi connectivity index (χ1v) is 8.17. The van der Waals surface area contributed by atoms with E-state index in [-0.39, 0.29) is 0 Å². The van der Waals surface area contributed by atoms with Crippen LogP contribution in [-0.4, -0.2) is 28.3 Å². The van der Waals surface area contributed by atoms with Gasteiger partial charge in [-0.15, -0.1) is 0 Å². The highest BCUT2D eigenvalue weighted by Gasteiger charge is 2.44. The fourth-order valence-corrected chi connectivity index (χ4v) is 3.34. The monoisotopic (exact) mass is 302 g/mol. The van der Waals surface area contributed by atoms with Crippen molar-refractivity contribution in [1.29, 1.82) is 0 Å². The molecule has 3 rings (SSSR count). The predicted octanol–water partition coefficient (Wildman–Crippen LogP) is 3.30. The van der Waals surface area contributed by atoms with Gasteiger partial charge in [0.25, 0.3) is 0 Å². The minimum Gasteiger partial charge on any atom is -0.492 e. The van der Waals surface area contributed by atoms with Crippen LogP contribution in [0.25, 0.3) is 0 Å². The van der Waals surface area contributed by atoms with Gasteiger partial charge in [-0.25, -0.2) is 4.98 Å². The van der Waals surface area contributed by atoms with Crippen molar-refractivity contribution in [3.05, 3.63) is 30.1 Å². The Morgan fingerprint density at radius 1 is 1.50 bits per heavy atom. The Balaban J connectivity index is 1.69. The first-order chi connectivity index (χ1) is 10.4. The van der Waals surface area contributed by atoms with E-state index in [4.69, 9.17) is 4.74 Å². The molecule has 4 nitrogen and oxygen atoms in total. The zero-order valence-electron chi connectivity index (χ0n) is 13.8. The molecular weight excluding hydrogens is 276 g/mol. The standard InChI is InChI=1S/C18H26N2O2/c1-12(2)5-6-22-16-8-14-7-13(3)20(17(14)19-11-16)15-9-18(4,21)10-15/h8,11-12,15,21H,3,5-7,9-10H2,1-2,4H3/t15-,18-. The van der Waals surface area contributed by atoms with Crippen molar-refractivity contribution in [2.45, 2.75) is 58.1 Å². The second-order valence-corrected chi connectivity index (χ2v) is 7.36. The summed E-state index contributed by atoms with van der Waals surface area (Å²) in [5, 5.41) is 9.97. The van der Waals surface area contributed by atoms with Crippen molar-refractivity contribution in [1.82, 2.24) is 4.98 Å². The normalized spacial score (nSPS) is 27.0. The number of aliphatic hydroxyl groups is 1. The summed E-state index contributed by atoms with van der Waals surface area (Å²) < 4.78 is 5.80. The van der Waals surface area contributed by atoms with E-state index in [9.17, 15) is 5.11 Å². The summed E-state index contributed by atoms with van der Waals surface area (Å²) in [4.78, 5) is 6.80. The van der Waals surface area contributed by atoms with Crippen molar-refractivity contribution in [2.24, 2.45) is 5.92 Å². The number of aromatic nitrogens is 1. The van der Waals surface area contributed by atoms with E-state index in [0.717, 1.165) is 49.6 Å². The molecule has 22 heavy (non-hydrogen) atoms.